The van der Waals surface area contributed by atoms with Gasteiger partial charge in [0, 0.05) is 5.69 Å². The number of nitrogens with zero attached hydrogens (tertiary/aromatic N) is 2. The highest BCUT2D eigenvalue weighted by Crippen LogP contribution is 2.25. The van der Waals surface area contributed by atoms with Gasteiger partial charge >= 0.3 is 0 Å². The Kier molecular flexibility index (Phi) is 3.59. The van der Waals surface area contributed by atoms with E-state index in [1.165, 1.54) is 11.2 Å². The summed E-state index contributed by atoms with van der Waals surface area (Å²) in [6.07, 6.45) is 2.30. The lowest BCUT2D eigenvalue weighted by atomic mass is 9.49. The second kappa shape index (κ2) is 5.54. The summed E-state index contributed by atoms with van der Waals surface area (Å²) in [4.78, 5) is 7.15. The molecule has 1 heterocycles. The van der Waals surface area contributed by atoms with E-state index in [-0.39, 0.29) is 0 Å². The van der Waals surface area contributed by atoms with Gasteiger partial charge in [-0.3, -0.25) is 0 Å². The zero-order chi connectivity index (χ0) is 13.9. The van der Waals surface area contributed by atoms with E-state index in [1.807, 2.05) is 0 Å². The van der Waals surface area contributed by atoms with E-state index in [0.717, 1.165) is 24.3 Å². The minimum atomic E-state index is 0.385. The number of benzene rings is 2. The first kappa shape index (κ1) is 13.0. The molecule has 0 N–H and O–H groups in total. The van der Waals surface area contributed by atoms with Gasteiger partial charge < -0.3 is 4.81 Å². The van der Waals surface area contributed by atoms with Crippen molar-refractivity contribution in [3.8, 4) is 0 Å². The molecule has 1 aliphatic heterocycles. The molecule has 0 unspecified atom stereocenters. The maximum absolute atomic E-state index is 4.78. The number of aliphatic imine (C=N–C) groups is 1. The summed E-state index contributed by atoms with van der Waals surface area (Å²) in [5.41, 5.74) is 3.68. The first-order chi connectivity index (χ1) is 9.81. The fraction of sp³-hybridized carbons (Fsp3) is 0.235. The Balaban J connectivity index is 2.10. The predicted molar refractivity (Wildman–Crippen MR) is 88.6 cm³/mol. The van der Waals surface area contributed by atoms with E-state index >= 15 is 0 Å². The molecule has 100 valence electrons. The van der Waals surface area contributed by atoms with Crippen LogP contribution in [0.3, 0.4) is 0 Å². The lowest BCUT2D eigenvalue weighted by Crippen LogP contribution is -2.53. The average molecular weight is 262 g/mol. The molecule has 0 saturated heterocycles. The Morgan fingerprint density at radius 3 is 2.45 bits per heavy atom. The molecule has 3 rings (SSSR count). The van der Waals surface area contributed by atoms with Crippen molar-refractivity contribution in [3.63, 3.8) is 0 Å². The number of hydrogen-bond donors (Lipinski definition) is 0. The van der Waals surface area contributed by atoms with E-state index in [0.29, 0.717) is 6.85 Å². The molecule has 2 nitrogen and oxygen atoms in total. The van der Waals surface area contributed by atoms with Crippen molar-refractivity contribution in [2.45, 2.75) is 26.6 Å². The van der Waals surface area contributed by atoms with Crippen LogP contribution in [0.25, 0.3) is 0 Å². The molecule has 0 amide bonds. The topological polar surface area (TPSA) is 15.6 Å². The maximum atomic E-state index is 4.78. The van der Waals surface area contributed by atoms with Gasteiger partial charge in [0.05, 0.1) is 11.5 Å². The van der Waals surface area contributed by atoms with Crippen LogP contribution in [0.5, 0.6) is 0 Å². The third kappa shape index (κ3) is 2.24. The Morgan fingerprint density at radius 1 is 1.00 bits per heavy atom. The van der Waals surface area contributed by atoms with Crippen molar-refractivity contribution in [2.24, 2.45) is 4.99 Å². The predicted octanol–water partition coefficient (Wildman–Crippen LogP) is 3.87. The number of para-hydroxylation sites is 2. The highest BCUT2D eigenvalue weighted by atomic mass is 15.2. The Hall–Kier alpha value is -2.03. The molecule has 3 heteroatoms. The monoisotopic (exact) mass is 262 g/mol. The highest BCUT2D eigenvalue weighted by molar-refractivity contribution is 6.82. The van der Waals surface area contributed by atoms with E-state index in [9.17, 15) is 0 Å². The quantitative estimate of drug-likeness (QED) is 0.767. The molecule has 0 saturated carbocycles. The molecule has 0 atom stereocenters. The molecular weight excluding hydrogens is 243 g/mol. The summed E-state index contributed by atoms with van der Waals surface area (Å²) in [5.74, 6) is 1.08. The van der Waals surface area contributed by atoms with Crippen molar-refractivity contribution in [3.05, 3.63) is 54.6 Å². The molecule has 2 aromatic carbocycles. The Morgan fingerprint density at radius 2 is 1.70 bits per heavy atom. The Bertz CT molecular complexity index is 622. The zero-order valence-corrected chi connectivity index (χ0v) is 12.1. The summed E-state index contributed by atoms with van der Waals surface area (Å²) in [6.45, 7) is 4.73. The van der Waals surface area contributed by atoms with E-state index in [4.69, 9.17) is 4.99 Å². The van der Waals surface area contributed by atoms with Crippen molar-refractivity contribution in [1.82, 2.24) is 0 Å². The van der Waals surface area contributed by atoms with Crippen molar-refractivity contribution in [2.75, 3.05) is 4.81 Å². The zero-order valence-electron chi connectivity index (χ0n) is 12.1. The van der Waals surface area contributed by atoms with Crippen molar-refractivity contribution >= 4 is 29.5 Å². The van der Waals surface area contributed by atoms with E-state index in [2.05, 4.69) is 73.3 Å². The van der Waals surface area contributed by atoms with Crippen LogP contribution in [0.1, 0.15) is 20.3 Å². The normalized spacial score (nSPS) is 14.0. The molecular formula is C17H19BN2. The molecule has 0 aromatic heterocycles. The minimum absolute atomic E-state index is 0.385. The van der Waals surface area contributed by atoms with Gasteiger partial charge in [0.15, 0.2) is 0 Å². The number of anilines is 1. The van der Waals surface area contributed by atoms with Crippen LogP contribution in [-0.4, -0.2) is 12.7 Å². The van der Waals surface area contributed by atoms with Crippen LogP contribution in [0, 0.1) is 0 Å². The lowest BCUT2D eigenvalue weighted by Gasteiger charge is -2.35. The first-order valence-corrected chi connectivity index (χ1v) is 7.29. The molecule has 0 radical (unpaired) electrons. The SMILES string of the molecule is CCCB1c2ccccc2N=C(C)N1c1ccccc1. The molecule has 0 spiro atoms. The molecule has 20 heavy (non-hydrogen) atoms. The average Bonchev–Trinajstić information content (AvgIpc) is 2.48. The van der Waals surface area contributed by atoms with Crippen LogP contribution in [0.2, 0.25) is 6.32 Å². The highest BCUT2D eigenvalue weighted by Gasteiger charge is 2.32. The first-order valence-electron chi connectivity index (χ1n) is 7.29. The van der Waals surface area contributed by atoms with Crippen molar-refractivity contribution in [1.29, 1.82) is 0 Å². The van der Waals surface area contributed by atoms with Gasteiger partial charge in [0.1, 0.15) is 0 Å². The smallest absolute Gasteiger partial charge is 0.297 e. The standard InChI is InChI=1S/C17H19BN2/c1-3-13-18-16-11-7-8-12-17(16)19-14(2)20(18)15-9-5-4-6-10-15/h4-12H,3,13H2,1-2H3. The van der Waals surface area contributed by atoms with E-state index < -0.39 is 0 Å². The summed E-state index contributed by atoms with van der Waals surface area (Å²) >= 11 is 0. The lowest BCUT2D eigenvalue weighted by molar-refractivity contribution is 1.06. The van der Waals surface area contributed by atoms with Crippen LogP contribution in [0.15, 0.2) is 59.6 Å². The number of amidine groups is 1. The largest absolute Gasteiger partial charge is 0.370 e. The molecule has 1 aliphatic rings. The summed E-state index contributed by atoms with van der Waals surface area (Å²) in [6, 6.07) is 19.1. The number of fused-ring (bicyclic) bond motifs is 1. The second-order valence-corrected chi connectivity index (χ2v) is 5.23. The van der Waals surface area contributed by atoms with Crippen LogP contribution >= 0.6 is 0 Å². The minimum Gasteiger partial charge on any atom is -0.370 e. The maximum Gasteiger partial charge on any atom is 0.297 e. The summed E-state index contributed by atoms with van der Waals surface area (Å²) in [5, 5.41) is 0. The van der Waals surface area contributed by atoms with E-state index in [1.54, 1.807) is 0 Å². The number of rotatable bonds is 3. The van der Waals surface area contributed by atoms with Gasteiger partial charge in [-0.05, 0) is 36.9 Å². The summed E-state index contributed by atoms with van der Waals surface area (Å²) < 4.78 is 0. The van der Waals surface area contributed by atoms with Crippen LogP contribution in [0.4, 0.5) is 11.4 Å². The molecule has 0 fully saturated rings. The van der Waals surface area contributed by atoms with Crippen LogP contribution < -0.4 is 10.3 Å². The molecule has 0 bridgehead atoms. The van der Waals surface area contributed by atoms with Gasteiger partial charge in [-0.2, -0.15) is 0 Å². The van der Waals surface area contributed by atoms with Gasteiger partial charge in [-0.25, -0.2) is 4.99 Å². The summed E-state index contributed by atoms with van der Waals surface area (Å²) in [7, 11) is 0. The molecule has 2 aromatic rings. The molecule has 0 aliphatic carbocycles. The fourth-order valence-electron chi connectivity index (χ4n) is 2.98. The fourth-order valence-corrected chi connectivity index (χ4v) is 2.98. The second-order valence-electron chi connectivity index (χ2n) is 5.23. The van der Waals surface area contributed by atoms with Crippen molar-refractivity contribution < 1.29 is 0 Å². The van der Waals surface area contributed by atoms with Gasteiger partial charge in [-0.15, -0.1) is 0 Å². The van der Waals surface area contributed by atoms with Gasteiger partial charge in [0.2, 0.25) is 0 Å². The third-order valence-electron chi connectivity index (χ3n) is 3.83. The third-order valence-corrected chi connectivity index (χ3v) is 3.83. The van der Waals surface area contributed by atoms with Gasteiger partial charge in [-0.1, -0.05) is 49.7 Å². The number of hydrogen-bond acceptors (Lipinski definition) is 2. The van der Waals surface area contributed by atoms with Crippen LogP contribution in [-0.2, 0) is 0 Å². The Labute approximate surface area is 121 Å². The van der Waals surface area contributed by atoms with Gasteiger partial charge in [0.25, 0.3) is 6.85 Å².